The van der Waals surface area contributed by atoms with Crippen molar-refractivity contribution in [3.05, 3.63) is 46.5 Å². The van der Waals surface area contributed by atoms with Gasteiger partial charge in [-0.2, -0.15) is 0 Å². The minimum atomic E-state index is -0.293. The van der Waals surface area contributed by atoms with Gasteiger partial charge in [0, 0.05) is 17.5 Å². The van der Waals surface area contributed by atoms with Gasteiger partial charge < -0.3 is 5.32 Å². The van der Waals surface area contributed by atoms with Gasteiger partial charge in [0.25, 0.3) is 5.91 Å². The van der Waals surface area contributed by atoms with Gasteiger partial charge in [0.15, 0.2) is 0 Å². The minimum Gasteiger partial charge on any atom is -0.345 e. The van der Waals surface area contributed by atoms with E-state index in [2.05, 4.69) is 20.5 Å². The molecule has 0 aliphatic heterocycles. The zero-order valence-electron chi connectivity index (χ0n) is 10.8. The number of carbonyl (C=O) groups excluding carboxylic acids is 1. The Balaban J connectivity index is 1.95. The number of aromatic amines is 1. The molecule has 2 N–H and O–H groups in total. The normalized spacial score (nSPS) is 10.7. The molecule has 1 heterocycles. The molecule has 0 saturated heterocycles. The molecule has 0 aliphatic rings. The lowest BCUT2D eigenvalue weighted by atomic mass is 10.2. The molecule has 6 heteroatoms. The molecule has 0 fully saturated rings. The predicted molar refractivity (Wildman–Crippen MR) is 73.1 cm³/mol. The summed E-state index contributed by atoms with van der Waals surface area (Å²) in [4.78, 5) is 16.0. The van der Waals surface area contributed by atoms with Crippen LogP contribution in [-0.4, -0.2) is 21.1 Å². The summed E-state index contributed by atoms with van der Waals surface area (Å²) >= 11 is 5.79. The topological polar surface area (TPSA) is 70.7 Å². The number of rotatable bonds is 4. The van der Waals surface area contributed by atoms with Crippen LogP contribution in [0.2, 0.25) is 5.02 Å². The highest BCUT2D eigenvalue weighted by molar-refractivity contribution is 6.30. The van der Waals surface area contributed by atoms with Gasteiger partial charge in [-0.05, 0) is 17.7 Å². The molecular formula is C13H15ClN4O. The Labute approximate surface area is 116 Å². The van der Waals surface area contributed by atoms with Crippen LogP contribution in [0.15, 0.2) is 24.3 Å². The Morgan fingerprint density at radius 3 is 2.63 bits per heavy atom. The molecule has 100 valence electrons. The second-order valence-electron chi connectivity index (χ2n) is 4.51. The molecule has 5 nitrogen and oxygen atoms in total. The molecule has 0 spiro atoms. The lowest BCUT2D eigenvalue weighted by molar-refractivity contribution is 0.0941. The van der Waals surface area contributed by atoms with E-state index in [1.807, 2.05) is 26.0 Å². The summed E-state index contributed by atoms with van der Waals surface area (Å²) in [6, 6.07) is 7.29. The summed E-state index contributed by atoms with van der Waals surface area (Å²) in [5.74, 6) is 0.790. The highest BCUT2D eigenvalue weighted by Crippen LogP contribution is 2.10. The van der Waals surface area contributed by atoms with Gasteiger partial charge >= 0.3 is 0 Å². The first kappa shape index (κ1) is 13.5. The van der Waals surface area contributed by atoms with E-state index in [1.165, 1.54) is 0 Å². The first-order valence-electron chi connectivity index (χ1n) is 6.01. The molecule has 0 unspecified atom stereocenters. The van der Waals surface area contributed by atoms with Crippen LogP contribution in [0.3, 0.4) is 0 Å². The Morgan fingerprint density at radius 2 is 2.05 bits per heavy atom. The maximum absolute atomic E-state index is 11.8. The van der Waals surface area contributed by atoms with Crippen molar-refractivity contribution < 1.29 is 4.79 Å². The third-order valence-corrected chi connectivity index (χ3v) is 2.87. The van der Waals surface area contributed by atoms with Gasteiger partial charge in [0.1, 0.15) is 5.82 Å². The van der Waals surface area contributed by atoms with Crippen LogP contribution in [0.4, 0.5) is 0 Å². The molecule has 1 aromatic heterocycles. The number of amides is 1. The molecule has 2 aromatic rings. The van der Waals surface area contributed by atoms with Crippen LogP contribution in [0.25, 0.3) is 0 Å². The quantitative estimate of drug-likeness (QED) is 0.903. The van der Waals surface area contributed by atoms with Crippen molar-refractivity contribution in [2.75, 3.05) is 0 Å². The maximum Gasteiger partial charge on any atom is 0.291 e. The van der Waals surface area contributed by atoms with E-state index in [1.54, 1.807) is 12.1 Å². The Bertz CT molecular complexity index is 562. The summed E-state index contributed by atoms with van der Waals surface area (Å²) in [6.07, 6.45) is 0. The van der Waals surface area contributed by atoms with E-state index in [4.69, 9.17) is 11.6 Å². The molecule has 1 aromatic carbocycles. The van der Waals surface area contributed by atoms with Gasteiger partial charge in [-0.1, -0.05) is 37.6 Å². The standard InChI is InChI=1S/C13H15ClN4O/c1-8(2)11-16-12(18-17-11)13(19)15-7-9-3-5-10(14)6-4-9/h3-6,8H,7H2,1-2H3,(H,15,19)(H,16,17,18). The highest BCUT2D eigenvalue weighted by atomic mass is 35.5. The lowest BCUT2D eigenvalue weighted by Gasteiger charge is -2.02. The van der Waals surface area contributed by atoms with Gasteiger partial charge in [-0.3, -0.25) is 9.89 Å². The van der Waals surface area contributed by atoms with Gasteiger partial charge in [-0.25, -0.2) is 4.98 Å². The molecule has 0 atom stereocenters. The first-order chi connectivity index (χ1) is 9.06. The number of hydrogen-bond acceptors (Lipinski definition) is 3. The van der Waals surface area contributed by atoms with E-state index in [-0.39, 0.29) is 17.6 Å². The Hall–Kier alpha value is -1.88. The van der Waals surface area contributed by atoms with Gasteiger partial charge in [-0.15, -0.1) is 5.10 Å². The van der Waals surface area contributed by atoms with Crippen LogP contribution >= 0.6 is 11.6 Å². The second kappa shape index (κ2) is 5.84. The highest BCUT2D eigenvalue weighted by Gasteiger charge is 2.13. The second-order valence-corrected chi connectivity index (χ2v) is 4.94. The fraction of sp³-hybridized carbons (Fsp3) is 0.308. The van der Waals surface area contributed by atoms with Gasteiger partial charge in [0.2, 0.25) is 5.82 Å². The molecule has 2 rings (SSSR count). The lowest BCUT2D eigenvalue weighted by Crippen LogP contribution is -2.24. The molecule has 0 aliphatic carbocycles. The molecule has 0 saturated carbocycles. The van der Waals surface area contributed by atoms with Crippen molar-refractivity contribution in [3.8, 4) is 0 Å². The number of benzene rings is 1. The van der Waals surface area contributed by atoms with Crippen LogP contribution in [0.1, 0.15) is 41.8 Å². The van der Waals surface area contributed by atoms with E-state index in [9.17, 15) is 4.79 Å². The third-order valence-electron chi connectivity index (χ3n) is 2.62. The zero-order chi connectivity index (χ0) is 13.8. The van der Waals surface area contributed by atoms with Crippen molar-refractivity contribution in [1.82, 2.24) is 20.5 Å². The van der Waals surface area contributed by atoms with Gasteiger partial charge in [0.05, 0.1) is 0 Å². The summed E-state index contributed by atoms with van der Waals surface area (Å²) in [5, 5.41) is 10.1. The largest absolute Gasteiger partial charge is 0.345 e. The van der Waals surface area contributed by atoms with Crippen molar-refractivity contribution in [1.29, 1.82) is 0 Å². The summed E-state index contributed by atoms with van der Waals surface area (Å²) in [7, 11) is 0. The van der Waals surface area contributed by atoms with Crippen LogP contribution in [0.5, 0.6) is 0 Å². The number of halogens is 1. The molecule has 0 bridgehead atoms. The monoisotopic (exact) mass is 278 g/mol. The first-order valence-corrected chi connectivity index (χ1v) is 6.39. The van der Waals surface area contributed by atoms with Crippen LogP contribution < -0.4 is 5.32 Å². The molecule has 19 heavy (non-hydrogen) atoms. The van der Waals surface area contributed by atoms with Crippen molar-refractivity contribution in [2.45, 2.75) is 26.3 Å². The number of hydrogen-bond donors (Lipinski definition) is 2. The number of H-pyrrole nitrogens is 1. The molecule has 0 radical (unpaired) electrons. The number of carbonyl (C=O) groups is 1. The van der Waals surface area contributed by atoms with Crippen LogP contribution in [-0.2, 0) is 6.54 Å². The average molecular weight is 279 g/mol. The fourth-order valence-electron chi connectivity index (χ4n) is 1.50. The van der Waals surface area contributed by atoms with E-state index in [0.717, 1.165) is 5.56 Å². The van der Waals surface area contributed by atoms with Crippen LogP contribution in [0, 0.1) is 0 Å². The van der Waals surface area contributed by atoms with Crippen molar-refractivity contribution in [2.24, 2.45) is 0 Å². The summed E-state index contributed by atoms with van der Waals surface area (Å²) in [5.41, 5.74) is 0.970. The van der Waals surface area contributed by atoms with E-state index in [0.29, 0.717) is 17.4 Å². The third kappa shape index (κ3) is 3.54. The Kier molecular flexibility index (Phi) is 4.16. The predicted octanol–water partition coefficient (Wildman–Crippen LogP) is 2.51. The Morgan fingerprint density at radius 1 is 1.37 bits per heavy atom. The molecule has 1 amide bonds. The van der Waals surface area contributed by atoms with E-state index < -0.39 is 0 Å². The zero-order valence-corrected chi connectivity index (χ0v) is 11.5. The fourth-order valence-corrected chi connectivity index (χ4v) is 1.62. The van der Waals surface area contributed by atoms with Crippen molar-refractivity contribution >= 4 is 17.5 Å². The number of aromatic nitrogens is 3. The maximum atomic E-state index is 11.8. The SMILES string of the molecule is CC(C)c1nc(C(=O)NCc2ccc(Cl)cc2)n[nH]1. The smallest absolute Gasteiger partial charge is 0.291 e. The average Bonchev–Trinajstić information content (AvgIpc) is 2.87. The van der Waals surface area contributed by atoms with Crippen molar-refractivity contribution in [3.63, 3.8) is 0 Å². The summed E-state index contributed by atoms with van der Waals surface area (Å²) < 4.78 is 0. The summed E-state index contributed by atoms with van der Waals surface area (Å²) in [6.45, 7) is 4.38. The number of nitrogens with one attached hydrogen (secondary N) is 2. The van der Waals surface area contributed by atoms with E-state index >= 15 is 0 Å². The number of nitrogens with zero attached hydrogens (tertiary/aromatic N) is 2. The minimum absolute atomic E-state index is 0.165. The molecular weight excluding hydrogens is 264 g/mol.